The van der Waals surface area contributed by atoms with Crippen LogP contribution in [-0.2, 0) is 6.42 Å². The lowest BCUT2D eigenvalue weighted by atomic mass is 9.84. The van der Waals surface area contributed by atoms with Crippen molar-refractivity contribution in [2.24, 2.45) is 17.6 Å². The number of hydrogen-bond donors (Lipinski definition) is 1. The van der Waals surface area contributed by atoms with Crippen LogP contribution < -0.4 is 15.4 Å². The summed E-state index contributed by atoms with van der Waals surface area (Å²) in [4.78, 5) is 6.71. The van der Waals surface area contributed by atoms with E-state index in [2.05, 4.69) is 35.8 Å². The molecule has 4 rings (SSSR count). The number of halogens is 2. The van der Waals surface area contributed by atoms with Gasteiger partial charge in [0.1, 0.15) is 17.4 Å². The zero-order chi connectivity index (χ0) is 25.7. The topological polar surface area (TPSA) is 77.4 Å². The number of nitrogens with two attached hydrogens (primary N) is 1. The molecule has 0 aliphatic carbocycles. The zero-order valence-electron chi connectivity index (χ0n) is 21.3. The lowest BCUT2D eigenvalue weighted by Gasteiger charge is -2.33. The Morgan fingerprint density at radius 2 is 1.81 bits per heavy atom. The van der Waals surface area contributed by atoms with Crippen molar-refractivity contribution < 1.29 is 18.0 Å². The van der Waals surface area contributed by atoms with Crippen molar-refractivity contribution in [1.29, 1.82) is 0 Å². The van der Waals surface area contributed by atoms with Crippen molar-refractivity contribution >= 4 is 6.01 Å². The third-order valence-electron chi connectivity index (χ3n) is 7.16. The van der Waals surface area contributed by atoms with Crippen LogP contribution in [0.5, 0.6) is 5.75 Å². The standard InChI is InChI=1S/C28H36F2N4O2/c1-18(2)27-32-28(36-33-27)34-13-10-20(11-14-34)19(3)12-15-35-24-7-4-21(5-8-24)26(31)17-22-16-23(29)6-9-25(22)30/h4-9,16,18-20,26H,10-15,17,31H2,1-3H3/t19-,26?/m1/s1. The molecule has 1 fully saturated rings. The first-order valence-corrected chi connectivity index (χ1v) is 12.8. The van der Waals surface area contributed by atoms with Crippen molar-refractivity contribution in [3.63, 3.8) is 0 Å². The molecule has 0 radical (unpaired) electrons. The summed E-state index contributed by atoms with van der Waals surface area (Å²) in [6.07, 6.45) is 3.40. The molecule has 8 heteroatoms. The molecular formula is C28H36F2N4O2. The number of benzene rings is 2. The molecule has 1 aliphatic heterocycles. The number of aromatic nitrogens is 2. The normalized spacial score (nSPS) is 16.4. The van der Waals surface area contributed by atoms with Crippen LogP contribution in [0.3, 0.4) is 0 Å². The van der Waals surface area contributed by atoms with E-state index in [4.69, 9.17) is 15.0 Å². The molecule has 36 heavy (non-hydrogen) atoms. The van der Waals surface area contributed by atoms with Gasteiger partial charge in [0, 0.05) is 25.0 Å². The molecule has 2 N–H and O–H groups in total. The monoisotopic (exact) mass is 498 g/mol. The van der Waals surface area contributed by atoms with Gasteiger partial charge in [0.25, 0.3) is 0 Å². The van der Waals surface area contributed by atoms with Crippen LogP contribution in [0.2, 0.25) is 0 Å². The molecular weight excluding hydrogens is 462 g/mol. The highest BCUT2D eigenvalue weighted by atomic mass is 19.1. The van der Waals surface area contributed by atoms with Gasteiger partial charge in [-0.05, 0) is 79.0 Å². The summed E-state index contributed by atoms with van der Waals surface area (Å²) in [6, 6.07) is 11.2. The molecule has 0 saturated carbocycles. The Kier molecular flexibility index (Phi) is 8.56. The summed E-state index contributed by atoms with van der Waals surface area (Å²) in [5.41, 5.74) is 7.37. The van der Waals surface area contributed by atoms with E-state index in [9.17, 15) is 8.78 Å². The van der Waals surface area contributed by atoms with Crippen molar-refractivity contribution in [2.45, 2.75) is 58.4 Å². The van der Waals surface area contributed by atoms with Gasteiger partial charge in [-0.25, -0.2) is 8.78 Å². The van der Waals surface area contributed by atoms with Gasteiger partial charge in [-0.2, -0.15) is 4.98 Å². The third kappa shape index (κ3) is 6.60. The highest BCUT2D eigenvalue weighted by Crippen LogP contribution is 2.30. The van der Waals surface area contributed by atoms with Crippen LogP contribution in [0.1, 0.15) is 68.9 Å². The summed E-state index contributed by atoms with van der Waals surface area (Å²) < 4.78 is 38.8. The fourth-order valence-electron chi connectivity index (χ4n) is 4.71. The van der Waals surface area contributed by atoms with Crippen molar-refractivity contribution in [3.8, 4) is 5.75 Å². The highest BCUT2D eigenvalue weighted by molar-refractivity contribution is 5.31. The van der Waals surface area contributed by atoms with Crippen LogP contribution in [-0.4, -0.2) is 29.8 Å². The molecule has 0 spiro atoms. The summed E-state index contributed by atoms with van der Waals surface area (Å²) in [6.45, 7) is 8.91. The Balaban J connectivity index is 1.19. The van der Waals surface area contributed by atoms with E-state index in [1.54, 1.807) is 0 Å². The fraction of sp³-hybridized carbons (Fsp3) is 0.500. The Hall–Kier alpha value is -3.00. The van der Waals surface area contributed by atoms with E-state index in [0.717, 1.165) is 61.6 Å². The van der Waals surface area contributed by atoms with Crippen molar-refractivity contribution in [3.05, 3.63) is 71.1 Å². The average molecular weight is 499 g/mol. The first-order chi connectivity index (χ1) is 17.3. The Bertz CT molecular complexity index is 1110. The predicted octanol–water partition coefficient (Wildman–Crippen LogP) is 6.04. The Labute approximate surface area is 211 Å². The van der Waals surface area contributed by atoms with E-state index in [1.807, 2.05) is 24.3 Å². The molecule has 0 bridgehead atoms. The molecule has 1 unspecified atom stereocenters. The minimum atomic E-state index is -0.464. The summed E-state index contributed by atoms with van der Waals surface area (Å²) in [5.74, 6) is 2.08. The van der Waals surface area contributed by atoms with Gasteiger partial charge >= 0.3 is 6.01 Å². The van der Waals surface area contributed by atoms with Crippen LogP contribution in [0.25, 0.3) is 0 Å². The number of piperidine rings is 1. The lowest BCUT2D eigenvalue weighted by Crippen LogP contribution is -2.36. The molecule has 1 saturated heterocycles. The Morgan fingerprint density at radius 1 is 1.08 bits per heavy atom. The van der Waals surface area contributed by atoms with E-state index < -0.39 is 17.7 Å². The first-order valence-electron chi connectivity index (χ1n) is 12.8. The molecule has 2 aromatic carbocycles. The molecule has 6 nitrogen and oxygen atoms in total. The van der Waals surface area contributed by atoms with Gasteiger partial charge < -0.3 is 19.9 Å². The van der Waals surface area contributed by atoms with Crippen molar-refractivity contribution in [2.75, 3.05) is 24.6 Å². The minimum Gasteiger partial charge on any atom is -0.494 e. The van der Waals surface area contributed by atoms with Gasteiger partial charge in [-0.1, -0.05) is 38.1 Å². The zero-order valence-corrected chi connectivity index (χ0v) is 21.3. The lowest BCUT2D eigenvalue weighted by molar-refractivity contribution is 0.220. The number of anilines is 1. The Morgan fingerprint density at radius 3 is 2.47 bits per heavy atom. The van der Waals surface area contributed by atoms with Crippen LogP contribution in [0, 0.1) is 23.5 Å². The predicted molar refractivity (Wildman–Crippen MR) is 136 cm³/mol. The quantitative estimate of drug-likeness (QED) is 0.367. The van der Waals surface area contributed by atoms with E-state index in [1.165, 1.54) is 6.07 Å². The fourth-order valence-corrected chi connectivity index (χ4v) is 4.71. The summed E-state index contributed by atoms with van der Waals surface area (Å²) in [7, 11) is 0. The van der Waals surface area contributed by atoms with Gasteiger partial charge in [0.05, 0.1) is 6.61 Å². The van der Waals surface area contributed by atoms with Gasteiger partial charge in [-0.3, -0.25) is 0 Å². The maximum atomic E-state index is 13.9. The molecule has 1 aromatic heterocycles. The number of ether oxygens (including phenoxy) is 1. The molecule has 1 aliphatic rings. The van der Waals surface area contributed by atoms with Crippen LogP contribution >= 0.6 is 0 Å². The third-order valence-corrected chi connectivity index (χ3v) is 7.16. The number of nitrogens with zero attached hydrogens (tertiary/aromatic N) is 3. The second-order valence-corrected chi connectivity index (χ2v) is 10.1. The summed E-state index contributed by atoms with van der Waals surface area (Å²) in [5, 5.41) is 4.07. The SMILES string of the molecule is CC(C)c1noc(N2CCC([C@H](C)CCOc3ccc(C(N)Cc4cc(F)ccc4F)cc3)CC2)n1. The maximum absolute atomic E-state index is 13.9. The average Bonchev–Trinajstić information content (AvgIpc) is 3.37. The molecule has 2 heterocycles. The highest BCUT2D eigenvalue weighted by Gasteiger charge is 2.26. The number of hydrogen-bond acceptors (Lipinski definition) is 6. The van der Waals surface area contributed by atoms with Gasteiger partial charge in [0.15, 0.2) is 5.82 Å². The molecule has 3 aromatic rings. The number of rotatable bonds is 10. The second-order valence-electron chi connectivity index (χ2n) is 10.1. The summed E-state index contributed by atoms with van der Waals surface area (Å²) >= 11 is 0. The second kappa shape index (κ2) is 11.8. The van der Waals surface area contributed by atoms with E-state index >= 15 is 0 Å². The molecule has 0 amide bonds. The van der Waals surface area contributed by atoms with E-state index in [-0.39, 0.29) is 17.9 Å². The molecule has 194 valence electrons. The maximum Gasteiger partial charge on any atom is 0.324 e. The van der Waals surface area contributed by atoms with E-state index in [0.29, 0.717) is 24.5 Å². The van der Waals surface area contributed by atoms with Crippen molar-refractivity contribution in [1.82, 2.24) is 10.1 Å². The largest absolute Gasteiger partial charge is 0.494 e. The minimum absolute atomic E-state index is 0.228. The van der Waals surface area contributed by atoms with Gasteiger partial charge in [-0.15, -0.1) is 0 Å². The van der Waals surface area contributed by atoms with Crippen LogP contribution in [0.15, 0.2) is 47.0 Å². The molecule has 2 atom stereocenters. The smallest absolute Gasteiger partial charge is 0.324 e. The first kappa shape index (κ1) is 26.1. The van der Waals surface area contributed by atoms with Crippen LogP contribution in [0.4, 0.5) is 14.8 Å². The van der Waals surface area contributed by atoms with Gasteiger partial charge in [0.2, 0.25) is 0 Å².